The molecule has 4 rings (SSSR count). The van der Waals surface area contributed by atoms with Gasteiger partial charge in [0.2, 0.25) is 0 Å². The molecule has 0 aromatic heterocycles. The Balaban J connectivity index is 1.51. The van der Waals surface area contributed by atoms with E-state index >= 15 is 0 Å². The van der Waals surface area contributed by atoms with Gasteiger partial charge in [-0.25, -0.2) is 0 Å². The fraction of sp³-hybridized carbons (Fsp3) is 0.154. The van der Waals surface area contributed by atoms with E-state index in [4.69, 9.17) is 16.3 Å². The highest BCUT2D eigenvalue weighted by Gasteiger charge is 2.11. The lowest BCUT2D eigenvalue weighted by molar-refractivity contribution is 0.174. The largest absolute Gasteiger partial charge is 0.489 e. The summed E-state index contributed by atoms with van der Waals surface area (Å²) in [4.78, 5) is 0. The summed E-state index contributed by atoms with van der Waals surface area (Å²) in [5.41, 5.74) is 3.00. The van der Waals surface area contributed by atoms with Gasteiger partial charge >= 0.3 is 0 Å². The van der Waals surface area contributed by atoms with E-state index in [0.29, 0.717) is 24.7 Å². The van der Waals surface area contributed by atoms with E-state index in [9.17, 15) is 5.11 Å². The van der Waals surface area contributed by atoms with Crippen LogP contribution in [0.3, 0.4) is 0 Å². The van der Waals surface area contributed by atoms with Crippen molar-refractivity contribution in [1.82, 2.24) is 5.32 Å². The van der Waals surface area contributed by atoms with Crippen LogP contribution in [0.1, 0.15) is 22.8 Å². The first-order valence-corrected chi connectivity index (χ1v) is 10.4. The SMILES string of the molecule is OC(CNCc1c(OCc2cccc(Cl)c2)ccc2ccccc12)c1ccccc1. The van der Waals surface area contributed by atoms with Crippen molar-refractivity contribution in [3.05, 3.63) is 113 Å². The number of fused-ring (bicyclic) bond motifs is 1. The van der Waals surface area contributed by atoms with Crippen LogP contribution in [0.4, 0.5) is 0 Å². The Labute approximate surface area is 181 Å². The highest BCUT2D eigenvalue weighted by Crippen LogP contribution is 2.29. The van der Waals surface area contributed by atoms with Crippen LogP contribution in [0.25, 0.3) is 10.8 Å². The molecule has 0 heterocycles. The van der Waals surface area contributed by atoms with Crippen LogP contribution < -0.4 is 10.1 Å². The zero-order chi connectivity index (χ0) is 20.8. The third-order valence-electron chi connectivity index (χ3n) is 5.10. The van der Waals surface area contributed by atoms with Gasteiger partial charge in [0.05, 0.1) is 6.10 Å². The van der Waals surface area contributed by atoms with E-state index in [1.54, 1.807) is 0 Å². The maximum absolute atomic E-state index is 10.5. The number of halogens is 1. The molecule has 1 atom stereocenters. The molecule has 0 aliphatic heterocycles. The Hall–Kier alpha value is -2.85. The minimum Gasteiger partial charge on any atom is -0.489 e. The molecule has 0 fully saturated rings. The lowest BCUT2D eigenvalue weighted by Gasteiger charge is -2.17. The number of benzene rings is 4. The van der Waals surface area contributed by atoms with Gasteiger partial charge in [0.25, 0.3) is 0 Å². The van der Waals surface area contributed by atoms with Crippen LogP contribution in [0.2, 0.25) is 5.02 Å². The predicted molar refractivity (Wildman–Crippen MR) is 123 cm³/mol. The van der Waals surface area contributed by atoms with Crippen molar-refractivity contribution < 1.29 is 9.84 Å². The summed E-state index contributed by atoms with van der Waals surface area (Å²) in [6, 6.07) is 29.7. The molecule has 0 bridgehead atoms. The Bertz CT molecular complexity index is 1110. The molecule has 0 radical (unpaired) electrons. The average Bonchev–Trinajstić information content (AvgIpc) is 2.79. The summed E-state index contributed by atoms with van der Waals surface area (Å²) in [5.74, 6) is 0.829. The molecule has 0 aliphatic carbocycles. The summed E-state index contributed by atoms with van der Waals surface area (Å²) in [5, 5.41) is 16.8. The lowest BCUT2D eigenvalue weighted by atomic mass is 10.0. The smallest absolute Gasteiger partial charge is 0.124 e. The second kappa shape index (κ2) is 9.77. The Morgan fingerprint density at radius 1 is 0.867 bits per heavy atom. The Morgan fingerprint density at radius 3 is 2.50 bits per heavy atom. The second-order valence-corrected chi connectivity index (χ2v) is 7.68. The van der Waals surface area contributed by atoms with Crippen LogP contribution in [0.15, 0.2) is 91.0 Å². The number of hydrogen-bond acceptors (Lipinski definition) is 3. The van der Waals surface area contributed by atoms with Crippen molar-refractivity contribution in [2.75, 3.05) is 6.54 Å². The minimum absolute atomic E-state index is 0.443. The van der Waals surface area contributed by atoms with E-state index in [1.165, 1.54) is 0 Å². The van der Waals surface area contributed by atoms with Gasteiger partial charge in [-0.2, -0.15) is 0 Å². The van der Waals surface area contributed by atoms with E-state index < -0.39 is 6.10 Å². The summed E-state index contributed by atoms with van der Waals surface area (Å²) in [6.07, 6.45) is -0.558. The van der Waals surface area contributed by atoms with Crippen LogP contribution in [-0.4, -0.2) is 11.7 Å². The zero-order valence-corrected chi connectivity index (χ0v) is 17.3. The standard InChI is InChI=1S/C26H24ClNO2/c27-22-11-6-7-19(15-22)18-30-26-14-13-20-8-4-5-12-23(20)24(26)16-28-17-25(29)21-9-2-1-3-10-21/h1-15,25,28-29H,16-18H2. The molecule has 4 aromatic carbocycles. The third kappa shape index (κ3) is 5.00. The number of aliphatic hydroxyl groups is 1. The van der Waals surface area contributed by atoms with Gasteiger partial charge in [-0.1, -0.05) is 84.4 Å². The number of rotatable bonds is 8. The molecule has 0 amide bonds. The van der Waals surface area contributed by atoms with E-state index in [-0.39, 0.29) is 0 Å². The first-order valence-electron chi connectivity index (χ1n) is 10.0. The maximum Gasteiger partial charge on any atom is 0.124 e. The molecular formula is C26H24ClNO2. The fourth-order valence-corrected chi connectivity index (χ4v) is 3.76. The molecule has 4 heteroatoms. The number of ether oxygens (including phenoxy) is 1. The van der Waals surface area contributed by atoms with Crippen molar-refractivity contribution in [2.24, 2.45) is 0 Å². The van der Waals surface area contributed by atoms with E-state index in [0.717, 1.165) is 33.2 Å². The normalized spacial score (nSPS) is 12.1. The molecule has 2 N–H and O–H groups in total. The molecule has 0 spiro atoms. The summed E-state index contributed by atoms with van der Waals surface area (Å²) in [6.45, 7) is 1.50. The van der Waals surface area contributed by atoms with Crippen molar-refractivity contribution >= 4 is 22.4 Å². The first-order chi connectivity index (χ1) is 14.7. The molecule has 3 nitrogen and oxygen atoms in total. The summed E-state index contributed by atoms with van der Waals surface area (Å²) in [7, 11) is 0. The monoisotopic (exact) mass is 417 g/mol. The second-order valence-electron chi connectivity index (χ2n) is 7.24. The first kappa shape index (κ1) is 20.4. The molecule has 152 valence electrons. The number of nitrogens with one attached hydrogen (secondary N) is 1. The summed E-state index contributed by atoms with van der Waals surface area (Å²) >= 11 is 6.10. The number of aliphatic hydroxyl groups excluding tert-OH is 1. The molecule has 4 aromatic rings. The molecule has 0 saturated heterocycles. The van der Waals surface area contributed by atoms with Crippen molar-refractivity contribution in [2.45, 2.75) is 19.3 Å². The van der Waals surface area contributed by atoms with Gasteiger partial charge in [0.15, 0.2) is 0 Å². The van der Waals surface area contributed by atoms with Crippen molar-refractivity contribution in [3.8, 4) is 5.75 Å². The Morgan fingerprint density at radius 2 is 1.67 bits per heavy atom. The van der Waals surface area contributed by atoms with Crippen molar-refractivity contribution in [1.29, 1.82) is 0 Å². The Kier molecular flexibility index (Phi) is 6.65. The van der Waals surface area contributed by atoms with Gasteiger partial charge in [0, 0.05) is 23.7 Å². The quantitative estimate of drug-likeness (QED) is 0.375. The molecule has 1 unspecified atom stereocenters. The van der Waals surface area contributed by atoms with Gasteiger partial charge in [0.1, 0.15) is 12.4 Å². The summed E-state index contributed by atoms with van der Waals surface area (Å²) < 4.78 is 6.17. The molecule has 0 aliphatic rings. The van der Waals surface area contributed by atoms with Crippen LogP contribution in [-0.2, 0) is 13.2 Å². The highest BCUT2D eigenvalue weighted by molar-refractivity contribution is 6.30. The van der Waals surface area contributed by atoms with Crippen LogP contribution >= 0.6 is 11.6 Å². The predicted octanol–water partition coefficient (Wildman–Crippen LogP) is 5.90. The highest BCUT2D eigenvalue weighted by atomic mass is 35.5. The lowest BCUT2D eigenvalue weighted by Crippen LogP contribution is -2.21. The fourth-order valence-electron chi connectivity index (χ4n) is 3.55. The molecule has 30 heavy (non-hydrogen) atoms. The van der Waals surface area contributed by atoms with Gasteiger partial charge in [-0.05, 0) is 40.1 Å². The van der Waals surface area contributed by atoms with Crippen LogP contribution in [0, 0.1) is 0 Å². The molecular weight excluding hydrogens is 394 g/mol. The number of hydrogen-bond donors (Lipinski definition) is 2. The maximum atomic E-state index is 10.5. The third-order valence-corrected chi connectivity index (χ3v) is 5.34. The van der Waals surface area contributed by atoms with Gasteiger partial charge in [-0.15, -0.1) is 0 Å². The topological polar surface area (TPSA) is 41.5 Å². The van der Waals surface area contributed by atoms with Gasteiger partial charge in [-0.3, -0.25) is 0 Å². The van der Waals surface area contributed by atoms with E-state index in [1.807, 2.05) is 72.8 Å². The minimum atomic E-state index is -0.558. The van der Waals surface area contributed by atoms with Crippen molar-refractivity contribution in [3.63, 3.8) is 0 Å². The van der Waals surface area contributed by atoms with Gasteiger partial charge < -0.3 is 15.2 Å². The average molecular weight is 418 g/mol. The molecule has 0 saturated carbocycles. The zero-order valence-electron chi connectivity index (χ0n) is 16.6. The van der Waals surface area contributed by atoms with Crippen LogP contribution in [0.5, 0.6) is 5.75 Å². The van der Waals surface area contributed by atoms with E-state index in [2.05, 4.69) is 23.5 Å².